The second-order valence-electron chi connectivity index (χ2n) is 6.19. The maximum atomic E-state index is 12.3. The average Bonchev–Trinajstić information content (AvgIpc) is 2.24. The fourth-order valence-electron chi connectivity index (χ4n) is 2.38. The Kier molecular flexibility index (Phi) is 5.35. The van der Waals surface area contributed by atoms with Gasteiger partial charge in [0.2, 0.25) is 10.0 Å². The van der Waals surface area contributed by atoms with E-state index in [1.165, 1.54) is 0 Å². The molecule has 20 heavy (non-hydrogen) atoms. The van der Waals surface area contributed by atoms with Gasteiger partial charge in [-0.1, -0.05) is 31.5 Å². The molecule has 1 rings (SSSR count). The van der Waals surface area contributed by atoms with E-state index in [0.717, 1.165) is 5.56 Å². The lowest BCUT2D eigenvalue weighted by Crippen LogP contribution is -2.41. The summed E-state index contributed by atoms with van der Waals surface area (Å²) in [4.78, 5) is 0.267. The van der Waals surface area contributed by atoms with Crippen molar-refractivity contribution in [2.45, 2.75) is 51.5 Å². The van der Waals surface area contributed by atoms with E-state index in [-0.39, 0.29) is 11.4 Å². The van der Waals surface area contributed by atoms with Crippen LogP contribution in [0.2, 0.25) is 0 Å². The zero-order chi connectivity index (χ0) is 15.6. The van der Waals surface area contributed by atoms with Crippen molar-refractivity contribution in [2.24, 2.45) is 5.92 Å². The van der Waals surface area contributed by atoms with Gasteiger partial charge in [0.25, 0.3) is 0 Å². The van der Waals surface area contributed by atoms with Crippen LogP contribution in [0.4, 0.5) is 0 Å². The van der Waals surface area contributed by atoms with Gasteiger partial charge >= 0.3 is 0 Å². The van der Waals surface area contributed by atoms with Crippen molar-refractivity contribution < 1.29 is 13.5 Å². The molecule has 1 aromatic carbocycles. The molecule has 0 aliphatic rings. The molecule has 1 aromatic rings. The van der Waals surface area contributed by atoms with Crippen LogP contribution in [-0.4, -0.2) is 25.7 Å². The molecule has 0 amide bonds. The number of sulfonamides is 1. The molecule has 2 N–H and O–H groups in total. The van der Waals surface area contributed by atoms with E-state index >= 15 is 0 Å². The normalized spacial score (nSPS) is 15.3. The maximum absolute atomic E-state index is 12.3. The number of benzene rings is 1. The zero-order valence-corrected chi connectivity index (χ0v) is 13.7. The molecular formula is C15H25NO3S. The van der Waals surface area contributed by atoms with Crippen LogP contribution in [0.5, 0.6) is 0 Å². The summed E-state index contributed by atoms with van der Waals surface area (Å²) >= 11 is 0. The third-order valence-corrected chi connectivity index (χ3v) is 4.67. The van der Waals surface area contributed by atoms with E-state index in [1.54, 1.807) is 26.0 Å². The Morgan fingerprint density at radius 3 is 2.40 bits per heavy atom. The Labute approximate surface area is 122 Å². The van der Waals surface area contributed by atoms with E-state index in [0.29, 0.717) is 17.9 Å². The summed E-state index contributed by atoms with van der Waals surface area (Å²) in [6.45, 7) is 9.34. The van der Waals surface area contributed by atoms with Crippen molar-refractivity contribution in [2.75, 3.05) is 6.54 Å². The zero-order valence-electron chi connectivity index (χ0n) is 12.9. The molecule has 0 saturated heterocycles. The number of rotatable bonds is 6. The van der Waals surface area contributed by atoms with Crippen molar-refractivity contribution in [3.63, 3.8) is 0 Å². The van der Waals surface area contributed by atoms with Crippen LogP contribution in [0.3, 0.4) is 0 Å². The lowest BCUT2D eigenvalue weighted by Gasteiger charge is -2.25. The summed E-state index contributed by atoms with van der Waals surface area (Å²) in [7, 11) is -3.59. The molecular weight excluding hydrogens is 274 g/mol. The van der Waals surface area contributed by atoms with Crippen LogP contribution < -0.4 is 4.72 Å². The van der Waals surface area contributed by atoms with Crippen molar-refractivity contribution in [1.82, 2.24) is 4.72 Å². The quantitative estimate of drug-likeness (QED) is 0.847. The topological polar surface area (TPSA) is 66.4 Å². The molecule has 1 unspecified atom stereocenters. The van der Waals surface area contributed by atoms with Gasteiger partial charge in [-0.2, -0.15) is 0 Å². The van der Waals surface area contributed by atoms with E-state index < -0.39 is 15.6 Å². The Morgan fingerprint density at radius 2 is 1.90 bits per heavy atom. The van der Waals surface area contributed by atoms with Gasteiger partial charge in [-0.05, 0) is 44.7 Å². The first kappa shape index (κ1) is 17.1. The standard InChI is InChI=1S/C15H25NO3S/c1-11(2)9-15(5,17)10-16-20(18,19)14-7-6-12(3)8-13(14)4/h6-8,11,16-17H,9-10H2,1-5H3. The molecule has 0 radical (unpaired) electrons. The number of aliphatic hydroxyl groups is 1. The highest BCUT2D eigenvalue weighted by Crippen LogP contribution is 2.19. The highest BCUT2D eigenvalue weighted by atomic mass is 32.2. The molecule has 4 nitrogen and oxygen atoms in total. The molecule has 114 valence electrons. The average molecular weight is 299 g/mol. The highest BCUT2D eigenvalue weighted by Gasteiger charge is 2.25. The van der Waals surface area contributed by atoms with Gasteiger partial charge in [-0.15, -0.1) is 0 Å². The number of aryl methyl sites for hydroxylation is 2. The van der Waals surface area contributed by atoms with E-state index in [9.17, 15) is 13.5 Å². The number of hydrogen-bond donors (Lipinski definition) is 2. The Balaban J connectivity index is 2.85. The van der Waals surface area contributed by atoms with Gasteiger partial charge in [-0.25, -0.2) is 13.1 Å². The second-order valence-corrected chi connectivity index (χ2v) is 7.92. The van der Waals surface area contributed by atoms with Gasteiger partial charge < -0.3 is 5.11 Å². The van der Waals surface area contributed by atoms with Crippen LogP contribution >= 0.6 is 0 Å². The van der Waals surface area contributed by atoms with Crippen LogP contribution in [0.1, 0.15) is 38.3 Å². The first-order chi connectivity index (χ1) is 9.03. The van der Waals surface area contributed by atoms with Gasteiger partial charge in [0.15, 0.2) is 0 Å². The Bertz CT molecular complexity index is 562. The third kappa shape index (κ3) is 4.89. The first-order valence-corrected chi connectivity index (χ1v) is 8.31. The van der Waals surface area contributed by atoms with Crippen LogP contribution in [0, 0.1) is 19.8 Å². The fourth-order valence-corrected chi connectivity index (χ4v) is 3.77. The molecule has 0 aliphatic heterocycles. The summed E-state index contributed by atoms with van der Waals surface area (Å²) in [6.07, 6.45) is 0.544. The van der Waals surface area contributed by atoms with Crippen LogP contribution in [0.15, 0.2) is 23.1 Å². The summed E-state index contributed by atoms with van der Waals surface area (Å²) in [5, 5.41) is 10.2. The second kappa shape index (κ2) is 6.24. The SMILES string of the molecule is Cc1ccc(S(=O)(=O)NCC(C)(O)CC(C)C)c(C)c1. The Hall–Kier alpha value is -0.910. The number of nitrogens with one attached hydrogen (secondary N) is 1. The molecule has 0 heterocycles. The summed E-state index contributed by atoms with van der Waals surface area (Å²) < 4.78 is 27.1. The van der Waals surface area contributed by atoms with E-state index in [2.05, 4.69) is 4.72 Å². The van der Waals surface area contributed by atoms with Crippen molar-refractivity contribution >= 4 is 10.0 Å². The largest absolute Gasteiger partial charge is 0.389 e. The minimum atomic E-state index is -3.59. The monoisotopic (exact) mass is 299 g/mol. The molecule has 0 bridgehead atoms. The molecule has 0 saturated carbocycles. The lowest BCUT2D eigenvalue weighted by molar-refractivity contribution is 0.0436. The van der Waals surface area contributed by atoms with Gasteiger partial charge in [0, 0.05) is 6.54 Å². The number of hydrogen-bond acceptors (Lipinski definition) is 3. The van der Waals surface area contributed by atoms with Gasteiger partial charge in [-0.3, -0.25) is 0 Å². The van der Waals surface area contributed by atoms with Crippen molar-refractivity contribution in [1.29, 1.82) is 0 Å². The first-order valence-electron chi connectivity index (χ1n) is 6.83. The predicted molar refractivity (Wildman–Crippen MR) is 81.2 cm³/mol. The molecule has 0 fully saturated rings. The van der Waals surface area contributed by atoms with Crippen LogP contribution in [-0.2, 0) is 10.0 Å². The Morgan fingerprint density at radius 1 is 1.30 bits per heavy atom. The minimum Gasteiger partial charge on any atom is -0.389 e. The lowest BCUT2D eigenvalue weighted by atomic mass is 9.95. The van der Waals surface area contributed by atoms with Gasteiger partial charge in [0.05, 0.1) is 10.5 Å². The van der Waals surface area contributed by atoms with E-state index in [4.69, 9.17) is 0 Å². The molecule has 0 aliphatic carbocycles. The predicted octanol–water partition coefficient (Wildman–Crippen LogP) is 2.38. The molecule has 5 heteroatoms. The minimum absolute atomic E-state index is 0.0147. The smallest absolute Gasteiger partial charge is 0.240 e. The molecule has 0 spiro atoms. The molecule has 1 atom stereocenters. The summed E-state index contributed by atoms with van der Waals surface area (Å²) in [6, 6.07) is 5.21. The van der Waals surface area contributed by atoms with Crippen molar-refractivity contribution in [3.8, 4) is 0 Å². The third-order valence-electron chi connectivity index (χ3n) is 3.11. The highest BCUT2D eigenvalue weighted by molar-refractivity contribution is 7.89. The van der Waals surface area contributed by atoms with Gasteiger partial charge in [0.1, 0.15) is 0 Å². The summed E-state index contributed by atoms with van der Waals surface area (Å²) in [5.41, 5.74) is 0.689. The van der Waals surface area contributed by atoms with E-state index in [1.807, 2.05) is 26.8 Å². The summed E-state index contributed by atoms with van der Waals surface area (Å²) in [5.74, 6) is 0.301. The maximum Gasteiger partial charge on any atom is 0.240 e. The van der Waals surface area contributed by atoms with Crippen LogP contribution in [0.25, 0.3) is 0 Å². The fraction of sp³-hybridized carbons (Fsp3) is 0.600. The molecule has 0 aromatic heterocycles. The van der Waals surface area contributed by atoms with Crippen molar-refractivity contribution in [3.05, 3.63) is 29.3 Å².